The molecular weight excluding hydrogens is 390 g/mol. The van der Waals surface area contributed by atoms with Crippen molar-refractivity contribution in [1.82, 2.24) is 34.7 Å². The molecule has 9 heteroatoms. The predicted molar refractivity (Wildman–Crippen MR) is 115 cm³/mol. The fourth-order valence-corrected chi connectivity index (χ4v) is 4.04. The van der Waals surface area contributed by atoms with Gasteiger partial charge in [0.25, 0.3) is 0 Å². The zero-order valence-electron chi connectivity index (χ0n) is 17.3. The van der Waals surface area contributed by atoms with Crippen molar-refractivity contribution in [3.63, 3.8) is 0 Å². The summed E-state index contributed by atoms with van der Waals surface area (Å²) >= 11 is 0. The van der Waals surface area contributed by atoms with E-state index in [0.717, 1.165) is 29.7 Å². The van der Waals surface area contributed by atoms with Crippen LogP contribution in [-0.4, -0.2) is 34.7 Å². The summed E-state index contributed by atoms with van der Waals surface area (Å²) in [6.07, 6.45) is 4.04. The Hall–Kier alpha value is -4.06. The topological polar surface area (TPSA) is 124 Å². The van der Waals surface area contributed by atoms with Gasteiger partial charge in [-0.3, -0.25) is 4.68 Å². The molecule has 1 unspecified atom stereocenters. The third kappa shape index (κ3) is 3.42. The minimum Gasteiger partial charge on any atom is -0.368 e. The van der Waals surface area contributed by atoms with E-state index in [9.17, 15) is 5.26 Å². The Morgan fingerprint density at radius 2 is 2.03 bits per heavy atom. The van der Waals surface area contributed by atoms with Gasteiger partial charge in [-0.05, 0) is 50.5 Å². The average molecular weight is 411 g/mol. The highest BCUT2D eigenvalue weighted by atomic mass is 15.4. The molecule has 3 aromatic heterocycles. The lowest BCUT2D eigenvalue weighted by molar-refractivity contribution is 0.509. The van der Waals surface area contributed by atoms with E-state index in [0.29, 0.717) is 35.2 Å². The van der Waals surface area contributed by atoms with Crippen LogP contribution in [0.4, 0.5) is 5.95 Å². The van der Waals surface area contributed by atoms with E-state index < -0.39 is 0 Å². The number of anilines is 1. The largest absolute Gasteiger partial charge is 0.368 e. The molecule has 0 spiro atoms. The average Bonchev–Trinajstić information content (AvgIpc) is 3.46. The first-order valence-corrected chi connectivity index (χ1v) is 10.1. The van der Waals surface area contributed by atoms with Crippen molar-refractivity contribution in [2.45, 2.75) is 39.3 Å². The summed E-state index contributed by atoms with van der Waals surface area (Å²) in [4.78, 5) is 8.70. The number of nitrogen functional groups attached to an aromatic ring is 1. The summed E-state index contributed by atoms with van der Waals surface area (Å²) in [7, 11) is 0. The van der Waals surface area contributed by atoms with Crippen molar-refractivity contribution in [3.05, 3.63) is 59.0 Å². The second kappa shape index (κ2) is 7.32. The molecule has 0 fully saturated rings. The number of nitrogens with zero attached hydrogens (tertiary/aromatic N) is 8. The summed E-state index contributed by atoms with van der Waals surface area (Å²) in [5, 5.41) is 22.5. The zero-order chi connectivity index (χ0) is 21.5. The normalized spacial score (nSPS) is 15.1. The van der Waals surface area contributed by atoms with E-state index in [1.807, 2.05) is 31.3 Å². The van der Waals surface area contributed by atoms with Crippen LogP contribution >= 0.6 is 0 Å². The molecular formula is C22H21N9. The van der Waals surface area contributed by atoms with Gasteiger partial charge in [-0.15, -0.1) is 5.10 Å². The lowest BCUT2D eigenvalue weighted by Gasteiger charge is -2.08. The van der Waals surface area contributed by atoms with E-state index in [1.54, 1.807) is 10.7 Å². The fraction of sp³-hybridized carbons (Fsp3) is 0.273. The van der Waals surface area contributed by atoms with Crippen molar-refractivity contribution in [2.75, 3.05) is 5.73 Å². The first kappa shape index (κ1) is 18.9. The molecule has 1 atom stereocenters. The van der Waals surface area contributed by atoms with Gasteiger partial charge in [0, 0.05) is 17.3 Å². The maximum Gasteiger partial charge on any atom is 0.221 e. The van der Waals surface area contributed by atoms with Crippen LogP contribution in [0.5, 0.6) is 0 Å². The van der Waals surface area contributed by atoms with Crippen LogP contribution in [0.25, 0.3) is 22.6 Å². The molecule has 9 nitrogen and oxygen atoms in total. The molecule has 1 aromatic carbocycles. The van der Waals surface area contributed by atoms with Gasteiger partial charge in [-0.2, -0.15) is 10.4 Å². The SMILES string of the molecule is Cc1c(C#N)cccc1-c1cc(-c2cn(Cc3cc4n(n3)C(C)CC4)nn2)nc(N)n1. The van der Waals surface area contributed by atoms with Gasteiger partial charge < -0.3 is 5.73 Å². The Kier molecular flexibility index (Phi) is 4.47. The van der Waals surface area contributed by atoms with Crippen LogP contribution in [0, 0.1) is 18.3 Å². The van der Waals surface area contributed by atoms with Gasteiger partial charge in [0.05, 0.1) is 41.5 Å². The molecule has 0 aliphatic carbocycles. The minimum atomic E-state index is 0.142. The highest BCUT2D eigenvalue weighted by molar-refractivity contribution is 5.71. The molecule has 0 radical (unpaired) electrons. The molecule has 31 heavy (non-hydrogen) atoms. The smallest absolute Gasteiger partial charge is 0.221 e. The van der Waals surface area contributed by atoms with Crippen molar-refractivity contribution in [3.8, 4) is 28.7 Å². The van der Waals surface area contributed by atoms with Gasteiger partial charge in [0.2, 0.25) is 5.95 Å². The zero-order valence-corrected chi connectivity index (χ0v) is 17.3. The highest BCUT2D eigenvalue weighted by Crippen LogP contribution is 2.28. The fourth-order valence-electron chi connectivity index (χ4n) is 4.04. The molecule has 5 rings (SSSR count). The van der Waals surface area contributed by atoms with E-state index >= 15 is 0 Å². The molecule has 0 saturated heterocycles. The van der Waals surface area contributed by atoms with Crippen LogP contribution < -0.4 is 5.73 Å². The van der Waals surface area contributed by atoms with E-state index in [2.05, 4.69) is 44.0 Å². The van der Waals surface area contributed by atoms with E-state index in [1.165, 1.54) is 5.69 Å². The van der Waals surface area contributed by atoms with Gasteiger partial charge in [0.1, 0.15) is 5.69 Å². The third-order valence-corrected chi connectivity index (χ3v) is 5.70. The molecule has 0 amide bonds. The quantitative estimate of drug-likeness (QED) is 0.547. The molecule has 0 bridgehead atoms. The number of benzene rings is 1. The second-order valence-corrected chi connectivity index (χ2v) is 7.85. The maximum absolute atomic E-state index is 9.32. The lowest BCUT2D eigenvalue weighted by atomic mass is 10.00. The van der Waals surface area contributed by atoms with Crippen LogP contribution in [0.1, 0.15) is 41.9 Å². The Balaban J connectivity index is 1.45. The number of aryl methyl sites for hydroxylation is 1. The minimum absolute atomic E-state index is 0.142. The number of fused-ring (bicyclic) bond motifs is 1. The predicted octanol–water partition coefficient (Wildman–Crippen LogP) is 2.92. The van der Waals surface area contributed by atoms with E-state index in [4.69, 9.17) is 10.8 Å². The molecule has 0 saturated carbocycles. The van der Waals surface area contributed by atoms with Crippen molar-refractivity contribution >= 4 is 5.95 Å². The molecule has 4 aromatic rings. The Morgan fingerprint density at radius 1 is 1.19 bits per heavy atom. The Bertz CT molecular complexity index is 1330. The Morgan fingerprint density at radius 3 is 2.84 bits per heavy atom. The van der Waals surface area contributed by atoms with Crippen LogP contribution in [0.15, 0.2) is 36.5 Å². The first-order chi connectivity index (χ1) is 15.0. The van der Waals surface area contributed by atoms with Crippen LogP contribution in [0.3, 0.4) is 0 Å². The molecule has 4 heterocycles. The lowest BCUT2D eigenvalue weighted by Crippen LogP contribution is -2.05. The van der Waals surface area contributed by atoms with E-state index in [-0.39, 0.29) is 5.95 Å². The number of rotatable bonds is 4. The summed E-state index contributed by atoms with van der Waals surface area (Å²) < 4.78 is 3.85. The van der Waals surface area contributed by atoms with Gasteiger partial charge in [-0.1, -0.05) is 17.3 Å². The Labute approximate surface area is 179 Å². The molecule has 1 aliphatic rings. The van der Waals surface area contributed by atoms with Crippen molar-refractivity contribution in [1.29, 1.82) is 5.26 Å². The summed E-state index contributed by atoms with van der Waals surface area (Å²) in [5.41, 5.74) is 12.3. The van der Waals surface area contributed by atoms with Crippen molar-refractivity contribution < 1.29 is 0 Å². The molecule has 2 N–H and O–H groups in total. The van der Waals surface area contributed by atoms with Crippen LogP contribution in [0.2, 0.25) is 0 Å². The number of hydrogen-bond donors (Lipinski definition) is 1. The number of aromatic nitrogens is 7. The third-order valence-electron chi connectivity index (χ3n) is 5.70. The first-order valence-electron chi connectivity index (χ1n) is 10.1. The molecule has 1 aliphatic heterocycles. The maximum atomic E-state index is 9.32. The standard InChI is InChI=1S/C22H21N9/c1-13-6-7-17-8-16(28-31(13)17)11-30-12-21(27-29-30)20-9-19(25-22(24)26-20)18-5-3-4-15(10-23)14(18)2/h3-5,8-9,12-13H,6-7,11H2,1-2H3,(H2,24,25,26). The summed E-state index contributed by atoms with van der Waals surface area (Å²) in [6.45, 7) is 4.62. The summed E-state index contributed by atoms with van der Waals surface area (Å²) in [6, 6.07) is 12.1. The second-order valence-electron chi connectivity index (χ2n) is 7.85. The monoisotopic (exact) mass is 411 g/mol. The van der Waals surface area contributed by atoms with Crippen LogP contribution in [-0.2, 0) is 13.0 Å². The summed E-state index contributed by atoms with van der Waals surface area (Å²) in [5.74, 6) is 0.142. The molecule has 154 valence electrons. The number of nitrogens with two attached hydrogens (primary N) is 1. The van der Waals surface area contributed by atoms with Crippen molar-refractivity contribution in [2.24, 2.45) is 0 Å². The number of nitriles is 1. The number of hydrogen-bond acceptors (Lipinski definition) is 7. The van der Waals surface area contributed by atoms with Gasteiger partial charge >= 0.3 is 0 Å². The highest BCUT2D eigenvalue weighted by Gasteiger charge is 2.20. The van der Waals surface area contributed by atoms with Gasteiger partial charge in [0.15, 0.2) is 0 Å². The van der Waals surface area contributed by atoms with Gasteiger partial charge in [-0.25, -0.2) is 14.6 Å².